The molecule has 7 nitrogen and oxygen atoms in total. The molecule has 1 saturated heterocycles. The smallest absolute Gasteiger partial charge is 0.246 e. The summed E-state index contributed by atoms with van der Waals surface area (Å²) in [5.41, 5.74) is 1.00. The number of anilines is 2. The highest BCUT2D eigenvalue weighted by Crippen LogP contribution is 2.23. The van der Waals surface area contributed by atoms with Crippen molar-refractivity contribution in [3.63, 3.8) is 0 Å². The number of piperidine rings is 1. The Kier molecular flexibility index (Phi) is 7.06. The average molecular weight is 446 g/mol. The van der Waals surface area contributed by atoms with Crippen molar-refractivity contribution in [2.45, 2.75) is 12.8 Å². The summed E-state index contributed by atoms with van der Waals surface area (Å²) in [6.07, 6.45) is 5.23. The highest BCUT2D eigenvalue weighted by molar-refractivity contribution is 7.92. The Morgan fingerprint density at radius 3 is 2.42 bits per heavy atom. The first-order valence-electron chi connectivity index (χ1n) is 9.81. The molecule has 0 atom stereocenters. The second kappa shape index (κ2) is 9.74. The van der Waals surface area contributed by atoms with Crippen LogP contribution in [-0.4, -0.2) is 44.5 Å². The maximum Gasteiger partial charge on any atom is 0.246 e. The molecule has 31 heavy (non-hydrogen) atoms. The molecular weight excluding hydrogens is 421 g/mol. The SMILES string of the molecule is CS(=O)(=O)Nc1cc(NC(=O)C2CCN(C(=O)/C=C/c3ccccc3)CC2)ccc1F. The van der Waals surface area contributed by atoms with E-state index in [1.807, 2.05) is 30.3 Å². The molecular formula is C22H24FN3O4S. The number of rotatable bonds is 6. The first-order valence-corrected chi connectivity index (χ1v) is 11.7. The van der Waals surface area contributed by atoms with Crippen molar-refractivity contribution in [3.05, 3.63) is 66.0 Å². The van der Waals surface area contributed by atoms with E-state index < -0.39 is 15.8 Å². The van der Waals surface area contributed by atoms with Crippen LogP contribution in [0.4, 0.5) is 15.8 Å². The quantitative estimate of drug-likeness (QED) is 0.668. The Morgan fingerprint density at radius 2 is 1.77 bits per heavy atom. The number of amides is 2. The molecule has 2 N–H and O–H groups in total. The maximum absolute atomic E-state index is 13.8. The Hall–Kier alpha value is -3.20. The summed E-state index contributed by atoms with van der Waals surface area (Å²) in [4.78, 5) is 26.6. The fraction of sp³-hybridized carbons (Fsp3) is 0.273. The number of likely N-dealkylation sites (tertiary alicyclic amines) is 1. The van der Waals surface area contributed by atoms with E-state index in [1.54, 1.807) is 11.0 Å². The van der Waals surface area contributed by atoms with Gasteiger partial charge in [0, 0.05) is 30.8 Å². The number of carbonyl (C=O) groups is 2. The molecule has 3 rings (SSSR count). The number of hydrogen-bond donors (Lipinski definition) is 2. The molecule has 9 heteroatoms. The minimum Gasteiger partial charge on any atom is -0.339 e. The molecule has 0 spiro atoms. The Labute approximate surface area is 181 Å². The number of nitrogens with one attached hydrogen (secondary N) is 2. The Balaban J connectivity index is 1.54. The van der Waals surface area contributed by atoms with E-state index in [2.05, 4.69) is 10.0 Å². The molecule has 1 aliphatic rings. The molecule has 0 saturated carbocycles. The Bertz CT molecular complexity index is 1080. The largest absolute Gasteiger partial charge is 0.339 e. The van der Waals surface area contributed by atoms with Gasteiger partial charge in [-0.15, -0.1) is 0 Å². The summed E-state index contributed by atoms with van der Waals surface area (Å²) < 4.78 is 38.6. The van der Waals surface area contributed by atoms with E-state index >= 15 is 0 Å². The minimum absolute atomic E-state index is 0.0993. The number of nitrogens with zero attached hydrogens (tertiary/aromatic N) is 1. The average Bonchev–Trinajstić information content (AvgIpc) is 2.74. The number of halogens is 1. The topological polar surface area (TPSA) is 95.6 Å². The second-order valence-electron chi connectivity index (χ2n) is 7.40. The molecule has 1 aliphatic heterocycles. The van der Waals surface area contributed by atoms with E-state index in [4.69, 9.17) is 0 Å². The molecule has 0 bridgehead atoms. The van der Waals surface area contributed by atoms with Crippen LogP contribution in [0.15, 0.2) is 54.6 Å². The summed E-state index contributed by atoms with van der Waals surface area (Å²) in [5.74, 6) is -1.38. The first kappa shape index (κ1) is 22.5. The van der Waals surface area contributed by atoms with Crippen molar-refractivity contribution >= 4 is 39.3 Å². The van der Waals surface area contributed by atoms with Crippen molar-refractivity contribution < 1.29 is 22.4 Å². The molecule has 1 heterocycles. The van der Waals surface area contributed by atoms with Gasteiger partial charge in [-0.25, -0.2) is 12.8 Å². The Morgan fingerprint density at radius 1 is 1.10 bits per heavy atom. The number of sulfonamides is 1. The van der Waals surface area contributed by atoms with Gasteiger partial charge in [0.2, 0.25) is 21.8 Å². The lowest BCUT2D eigenvalue weighted by Gasteiger charge is -2.30. The molecule has 0 radical (unpaired) electrons. The summed E-state index contributed by atoms with van der Waals surface area (Å²) in [6, 6.07) is 13.2. The van der Waals surface area contributed by atoms with E-state index in [0.717, 1.165) is 17.9 Å². The van der Waals surface area contributed by atoms with Crippen LogP contribution in [-0.2, 0) is 19.6 Å². The summed E-state index contributed by atoms with van der Waals surface area (Å²) in [5, 5.41) is 2.70. The molecule has 164 valence electrons. The monoisotopic (exact) mass is 445 g/mol. The lowest BCUT2D eigenvalue weighted by atomic mass is 9.95. The van der Waals surface area contributed by atoms with Gasteiger partial charge in [0.25, 0.3) is 0 Å². The molecule has 0 aliphatic carbocycles. The van der Waals surface area contributed by atoms with Gasteiger partial charge in [-0.2, -0.15) is 0 Å². The highest BCUT2D eigenvalue weighted by atomic mass is 32.2. The minimum atomic E-state index is -3.65. The third-order valence-corrected chi connectivity index (χ3v) is 5.52. The summed E-state index contributed by atoms with van der Waals surface area (Å²) in [6.45, 7) is 0.917. The molecule has 1 fully saturated rings. The van der Waals surface area contributed by atoms with Gasteiger partial charge in [-0.1, -0.05) is 30.3 Å². The molecule has 2 aromatic carbocycles. The van der Waals surface area contributed by atoms with Crippen LogP contribution < -0.4 is 10.0 Å². The molecule has 0 aromatic heterocycles. The first-order chi connectivity index (χ1) is 14.7. The van der Waals surface area contributed by atoms with E-state index in [1.165, 1.54) is 18.2 Å². The molecule has 2 aromatic rings. The van der Waals surface area contributed by atoms with Gasteiger partial charge in [0.05, 0.1) is 11.9 Å². The zero-order chi connectivity index (χ0) is 22.4. The van der Waals surface area contributed by atoms with Gasteiger partial charge in [0.1, 0.15) is 5.82 Å². The number of hydrogen-bond acceptors (Lipinski definition) is 4. The lowest BCUT2D eigenvalue weighted by molar-refractivity contribution is -0.130. The lowest BCUT2D eigenvalue weighted by Crippen LogP contribution is -2.40. The standard InChI is InChI=1S/C22H24FN3O4S/c1-31(29,30)25-20-15-18(8-9-19(20)23)24-22(28)17-11-13-26(14-12-17)21(27)10-7-16-5-3-2-4-6-16/h2-10,15,17,25H,11-14H2,1H3,(H,24,28)/b10-7+. The van der Waals surface area contributed by atoms with Crippen molar-refractivity contribution in [3.8, 4) is 0 Å². The highest BCUT2D eigenvalue weighted by Gasteiger charge is 2.26. The summed E-state index contributed by atoms with van der Waals surface area (Å²) in [7, 11) is -3.65. The van der Waals surface area contributed by atoms with E-state index in [9.17, 15) is 22.4 Å². The van der Waals surface area contributed by atoms with Crippen molar-refractivity contribution in [1.82, 2.24) is 4.90 Å². The van der Waals surface area contributed by atoms with Crippen LogP contribution in [0.5, 0.6) is 0 Å². The summed E-state index contributed by atoms with van der Waals surface area (Å²) >= 11 is 0. The van der Waals surface area contributed by atoms with Crippen LogP contribution in [0.25, 0.3) is 6.08 Å². The van der Waals surface area contributed by atoms with Crippen LogP contribution in [0.2, 0.25) is 0 Å². The van der Waals surface area contributed by atoms with Crippen LogP contribution in [0.1, 0.15) is 18.4 Å². The van der Waals surface area contributed by atoms with Crippen molar-refractivity contribution in [2.24, 2.45) is 5.92 Å². The normalized spacial score (nSPS) is 15.1. The van der Waals surface area contributed by atoms with E-state index in [0.29, 0.717) is 31.6 Å². The molecule has 2 amide bonds. The van der Waals surface area contributed by atoms with Gasteiger partial charge < -0.3 is 10.2 Å². The fourth-order valence-electron chi connectivity index (χ4n) is 3.32. The maximum atomic E-state index is 13.8. The molecule has 0 unspecified atom stereocenters. The zero-order valence-corrected chi connectivity index (χ0v) is 17.9. The number of carbonyl (C=O) groups excluding carboxylic acids is 2. The zero-order valence-electron chi connectivity index (χ0n) is 17.0. The van der Waals surface area contributed by atoms with Gasteiger partial charge >= 0.3 is 0 Å². The van der Waals surface area contributed by atoms with Gasteiger partial charge in [-0.3, -0.25) is 14.3 Å². The van der Waals surface area contributed by atoms with Crippen molar-refractivity contribution in [2.75, 3.05) is 29.4 Å². The van der Waals surface area contributed by atoms with Crippen molar-refractivity contribution in [1.29, 1.82) is 0 Å². The van der Waals surface area contributed by atoms with Crippen LogP contribution in [0, 0.1) is 11.7 Å². The predicted octanol–water partition coefficient (Wildman–Crippen LogP) is 3.09. The van der Waals surface area contributed by atoms with Gasteiger partial charge in [-0.05, 0) is 42.7 Å². The van der Waals surface area contributed by atoms with E-state index in [-0.39, 0.29) is 23.4 Å². The van der Waals surface area contributed by atoms with Crippen LogP contribution >= 0.6 is 0 Å². The third-order valence-electron chi connectivity index (χ3n) is 4.92. The van der Waals surface area contributed by atoms with Gasteiger partial charge in [0.15, 0.2) is 0 Å². The fourth-order valence-corrected chi connectivity index (χ4v) is 3.88. The predicted molar refractivity (Wildman–Crippen MR) is 118 cm³/mol. The second-order valence-corrected chi connectivity index (χ2v) is 9.15. The third kappa shape index (κ3) is 6.65. The van der Waals surface area contributed by atoms with Crippen LogP contribution in [0.3, 0.4) is 0 Å². The number of benzene rings is 2.